The highest BCUT2D eigenvalue weighted by Gasteiger charge is 2.31. The number of hydrogen-bond acceptors (Lipinski definition) is 4. The Hall–Kier alpha value is -1.11. The van der Waals surface area contributed by atoms with Crippen LogP contribution < -0.4 is 10.5 Å². The van der Waals surface area contributed by atoms with E-state index in [1.165, 1.54) is 0 Å². The summed E-state index contributed by atoms with van der Waals surface area (Å²) in [6.07, 6.45) is 1.27. The molecule has 0 spiro atoms. The Balaban J connectivity index is 1.72. The smallest absolute Gasteiger partial charge is 0.251 e. The van der Waals surface area contributed by atoms with E-state index in [0.29, 0.717) is 19.7 Å². The number of nitrogens with two attached hydrogens (primary N) is 1. The molecule has 1 aromatic carbocycles. The highest BCUT2D eigenvalue weighted by molar-refractivity contribution is 9.10. The van der Waals surface area contributed by atoms with Crippen molar-refractivity contribution in [3.05, 3.63) is 28.7 Å². The van der Waals surface area contributed by atoms with Crippen LogP contribution in [0.3, 0.4) is 0 Å². The molecule has 0 radical (unpaired) electrons. The lowest BCUT2D eigenvalue weighted by atomic mass is 10.2. The standard InChI is InChI=1S/C15H21BrN2O3/c1-18(15(19)14-7-6-13(10-17)21-14)8-9-20-12-4-2-11(16)3-5-12/h2-5,13-14H,6-10,17H2,1H3/t13-,14+/m1/s1. The van der Waals surface area contributed by atoms with Crippen LogP contribution in [-0.2, 0) is 9.53 Å². The van der Waals surface area contributed by atoms with Gasteiger partial charge in [0, 0.05) is 18.1 Å². The zero-order valence-electron chi connectivity index (χ0n) is 12.1. The molecule has 0 bridgehead atoms. The lowest BCUT2D eigenvalue weighted by Gasteiger charge is -2.21. The fourth-order valence-electron chi connectivity index (χ4n) is 2.25. The first-order valence-corrected chi connectivity index (χ1v) is 7.88. The number of likely N-dealkylation sites (N-methyl/N-ethyl adjacent to an activating group) is 1. The van der Waals surface area contributed by atoms with Gasteiger partial charge in [0.25, 0.3) is 5.91 Å². The molecule has 1 aliphatic rings. The molecular formula is C15H21BrN2O3. The maximum atomic E-state index is 12.2. The fourth-order valence-corrected chi connectivity index (χ4v) is 2.51. The van der Waals surface area contributed by atoms with Crippen molar-refractivity contribution in [1.29, 1.82) is 0 Å². The van der Waals surface area contributed by atoms with Gasteiger partial charge in [-0.25, -0.2) is 0 Å². The van der Waals surface area contributed by atoms with Crippen molar-refractivity contribution < 1.29 is 14.3 Å². The predicted molar refractivity (Wildman–Crippen MR) is 84.2 cm³/mol. The third-order valence-electron chi connectivity index (χ3n) is 3.53. The highest BCUT2D eigenvalue weighted by atomic mass is 79.9. The van der Waals surface area contributed by atoms with E-state index in [9.17, 15) is 4.79 Å². The van der Waals surface area contributed by atoms with Crippen molar-refractivity contribution in [2.75, 3.05) is 26.7 Å². The molecule has 2 N–H and O–H groups in total. The third-order valence-corrected chi connectivity index (χ3v) is 4.06. The van der Waals surface area contributed by atoms with Crippen molar-refractivity contribution in [3.8, 4) is 5.75 Å². The van der Waals surface area contributed by atoms with Crippen LogP contribution in [0.4, 0.5) is 0 Å². The largest absolute Gasteiger partial charge is 0.492 e. The summed E-state index contributed by atoms with van der Waals surface area (Å²) >= 11 is 3.37. The predicted octanol–water partition coefficient (Wildman–Crippen LogP) is 1.79. The Morgan fingerprint density at radius 3 is 2.76 bits per heavy atom. The Morgan fingerprint density at radius 2 is 2.14 bits per heavy atom. The zero-order chi connectivity index (χ0) is 15.2. The number of amides is 1. The minimum atomic E-state index is -0.351. The topological polar surface area (TPSA) is 64.8 Å². The molecule has 0 saturated carbocycles. The van der Waals surface area contributed by atoms with Crippen molar-refractivity contribution in [1.82, 2.24) is 4.90 Å². The Morgan fingerprint density at radius 1 is 1.43 bits per heavy atom. The second-order valence-corrected chi connectivity index (χ2v) is 6.04. The Bertz CT molecular complexity index is 466. The first-order chi connectivity index (χ1) is 10.1. The second kappa shape index (κ2) is 7.77. The molecule has 116 valence electrons. The van der Waals surface area contributed by atoms with E-state index in [2.05, 4.69) is 15.9 Å². The Labute approximate surface area is 133 Å². The molecule has 21 heavy (non-hydrogen) atoms. The van der Waals surface area contributed by atoms with Gasteiger partial charge in [0.1, 0.15) is 18.5 Å². The molecule has 1 heterocycles. The summed E-state index contributed by atoms with van der Waals surface area (Å²) < 4.78 is 12.2. The maximum absolute atomic E-state index is 12.2. The molecule has 6 heteroatoms. The van der Waals surface area contributed by atoms with Crippen LogP contribution in [0, 0.1) is 0 Å². The molecule has 0 aromatic heterocycles. The minimum Gasteiger partial charge on any atom is -0.492 e. The van der Waals surface area contributed by atoms with Crippen LogP contribution in [0.1, 0.15) is 12.8 Å². The number of benzene rings is 1. The lowest BCUT2D eigenvalue weighted by molar-refractivity contribution is -0.141. The van der Waals surface area contributed by atoms with Gasteiger partial charge < -0.3 is 20.1 Å². The normalized spacial score (nSPS) is 21.3. The molecule has 2 atom stereocenters. The van der Waals surface area contributed by atoms with E-state index in [1.807, 2.05) is 24.3 Å². The average molecular weight is 357 g/mol. The zero-order valence-corrected chi connectivity index (χ0v) is 13.7. The molecular weight excluding hydrogens is 336 g/mol. The summed E-state index contributed by atoms with van der Waals surface area (Å²) in [5.41, 5.74) is 5.55. The van der Waals surface area contributed by atoms with Crippen LogP contribution >= 0.6 is 15.9 Å². The number of carbonyl (C=O) groups is 1. The van der Waals surface area contributed by atoms with Gasteiger partial charge in [-0.1, -0.05) is 15.9 Å². The maximum Gasteiger partial charge on any atom is 0.251 e. The van der Waals surface area contributed by atoms with Gasteiger partial charge in [0.05, 0.1) is 12.6 Å². The van der Waals surface area contributed by atoms with E-state index in [0.717, 1.165) is 23.1 Å². The van der Waals surface area contributed by atoms with Crippen LogP contribution in [0.5, 0.6) is 5.75 Å². The summed E-state index contributed by atoms with van der Waals surface area (Å²) in [6.45, 7) is 1.46. The Kier molecular flexibility index (Phi) is 6.02. The number of carbonyl (C=O) groups excluding carboxylic acids is 1. The van der Waals surface area contributed by atoms with E-state index in [1.54, 1.807) is 11.9 Å². The molecule has 1 amide bonds. The summed E-state index contributed by atoms with van der Waals surface area (Å²) in [7, 11) is 1.77. The molecule has 0 aliphatic carbocycles. The van der Waals surface area contributed by atoms with E-state index in [4.69, 9.17) is 15.2 Å². The van der Waals surface area contributed by atoms with Gasteiger partial charge in [-0.3, -0.25) is 4.79 Å². The molecule has 1 aromatic rings. The molecule has 1 saturated heterocycles. The molecule has 1 fully saturated rings. The SMILES string of the molecule is CN(CCOc1ccc(Br)cc1)C(=O)[C@@H]1CC[C@H](CN)O1. The van der Waals surface area contributed by atoms with Gasteiger partial charge >= 0.3 is 0 Å². The average Bonchev–Trinajstić information content (AvgIpc) is 2.97. The molecule has 2 rings (SSSR count). The second-order valence-electron chi connectivity index (χ2n) is 5.12. The molecule has 1 aliphatic heterocycles. The number of rotatable bonds is 6. The van der Waals surface area contributed by atoms with Crippen LogP contribution in [0.15, 0.2) is 28.7 Å². The van der Waals surface area contributed by atoms with Gasteiger partial charge in [0.2, 0.25) is 0 Å². The van der Waals surface area contributed by atoms with Crippen LogP contribution in [0.2, 0.25) is 0 Å². The summed E-state index contributed by atoms with van der Waals surface area (Å²) in [5, 5.41) is 0. The van der Waals surface area contributed by atoms with E-state index >= 15 is 0 Å². The fraction of sp³-hybridized carbons (Fsp3) is 0.533. The van der Waals surface area contributed by atoms with Crippen LogP contribution in [0.25, 0.3) is 0 Å². The third kappa shape index (κ3) is 4.69. The van der Waals surface area contributed by atoms with Gasteiger partial charge in [-0.05, 0) is 37.1 Å². The van der Waals surface area contributed by atoms with Gasteiger partial charge in [0.15, 0.2) is 0 Å². The van der Waals surface area contributed by atoms with Crippen molar-refractivity contribution in [3.63, 3.8) is 0 Å². The van der Waals surface area contributed by atoms with Crippen LogP contribution in [-0.4, -0.2) is 49.8 Å². The molecule has 0 unspecified atom stereocenters. The number of hydrogen-bond donors (Lipinski definition) is 1. The highest BCUT2D eigenvalue weighted by Crippen LogP contribution is 2.20. The minimum absolute atomic E-state index is 0.00496. The quantitative estimate of drug-likeness (QED) is 0.843. The summed E-state index contributed by atoms with van der Waals surface area (Å²) in [5.74, 6) is 0.796. The number of nitrogens with zero attached hydrogens (tertiary/aromatic N) is 1. The first kappa shape index (κ1) is 16.3. The van der Waals surface area contributed by atoms with Gasteiger partial charge in [-0.2, -0.15) is 0 Å². The monoisotopic (exact) mass is 356 g/mol. The van der Waals surface area contributed by atoms with Crippen molar-refractivity contribution in [2.45, 2.75) is 25.0 Å². The number of ether oxygens (including phenoxy) is 2. The summed E-state index contributed by atoms with van der Waals surface area (Å²) in [4.78, 5) is 13.8. The number of halogens is 1. The first-order valence-electron chi connectivity index (χ1n) is 7.09. The molecule has 5 nitrogen and oxygen atoms in total. The van der Waals surface area contributed by atoms with E-state index in [-0.39, 0.29) is 18.1 Å². The van der Waals surface area contributed by atoms with Gasteiger partial charge in [-0.15, -0.1) is 0 Å². The van der Waals surface area contributed by atoms with E-state index < -0.39 is 0 Å². The van der Waals surface area contributed by atoms with Crippen molar-refractivity contribution >= 4 is 21.8 Å². The summed E-state index contributed by atoms with van der Waals surface area (Å²) in [6, 6.07) is 7.61. The lowest BCUT2D eigenvalue weighted by Crippen LogP contribution is -2.39. The van der Waals surface area contributed by atoms with Crippen molar-refractivity contribution in [2.24, 2.45) is 5.73 Å².